The molecule has 0 rings (SSSR count). The minimum Gasteiger partial charge on any atom is -0.211 e. The summed E-state index contributed by atoms with van der Waals surface area (Å²) in [4.78, 5) is 41.2. The molecule has 0 aliphatic carbocycles. The summed E-state index contributed by atoms with van der Waals surface area (Å²) >= 11 is 0. The van der Waals surface area contributed by atoms with Crippen LogP contribution in [0.25, 0.3) is 0 Å². The minimum absolute atomic E-state index is 0.0154. The highest BCUT2D eigenvalue weighted by atomic mass is 16.1. The third-order valence-corrected chi connectivity index (χ3v) is 3.03. The lowest BCUT2D eigenvalue weighted by molar-refractivity contribution is 0.478. The molecule has 0 aliphatic heterocycles. The van der Waals surface area contributed by atoms with Gasteiger partial charge in [-0.25, -0.2) is 19.4 Å². The van der Waals surface area contributed by atoms with Crippen LogP contribution in [-0.4, -0.2) is 30.4 Å². The maximum Gasteiger partial charge on any atom is 0.237 e. The zero-order chi connectivity index (χ0) is 15.1. The first-order chi connectivity index (χ1) is 9.78. The smallest absolute Gasteiger partial charge is 0.211 e. The molecule has 6 nitrogen and oxygen atoms in total. The van der Waals surface area contributed by atoms with Crippen molar-refractivity contribution in [3.8, 4) is 0 Å². The van der Waals surface area contributed by atoms with Crippen LogP contribution in [0.1, 0.15) is 58.3 Å². The highest BCUT2D eigenvalue weighted by Crippen LogP contribution is 2.15. The van der Waals surface area contributed by atoms with E-state index in [9.17, 15) is 14.4 Å². The monoisotopic (exact) mass is 279 g/mol. The van der Waals surface area contributed by atoms with Crippen molar-refractivity contribution in [2.24, 2.45) is 15.0 Å². The first-order valence-corrected chi connectivity index (χ1v) is 6.99. The van der Waals surface area contributed by atoms with Gasteiger partial charge in [-0.05, 0) is 25.7 Å². The molecule has 0 saturated heterocycles. The van der Waals surface area contributed by atoms with Gasteiger partial charge in [0.1, 0.15) is 0 Å². The molecule has 0 amide bonds. The third-order valence-electron chi connectivity index (χ3n) is 3.03. The van der Waals surface area contributed by atoms with Gasteiger partial charge in [0.2, 0.25) is 18.2 Å². The van der Waals surface area contributed by atoms with E-state index < -0.39 is 6.17 Å². The van der Waals surface area contributed by atoms with Gasteiger partial charge in [0.25, 0.3) is 0 Å². The predicted octanol–water partition coefficient (Wildman–Crippen LogP) is 2.83. The lowest BCUT2D eigenvalue weighted by Gasteiger charge is -2.10. The summed E-state index contributed by atoms with van der Waals surface area (Å²) in [7, 11) is 0. The SMILES string of the molecule is CCCCCC(CCCCC(N=C=O)N=C=O)N=C=O. The van der Waals surface area contributed by atoms with Crippen LogP contribution in [-0.2, 0) is 14.4 Å². The van der Waals surface area contributed by atoms with Crippen LogP contribution in [0.2, 0.25) is 0 Å². The molecule has 0 radical (unpaired) electrons. The Morgan fingerprint density at radius 1 is 0.750 bits per heavy atom. The van der Waals surface area contributed by atoms with Crippen LogP contribution < -0.4 is 0 Å². The molecule has 6 heteroatoms. The van der Waals surface area contributed by atoms with Gasteiger partial charge in [-0.15, -0.1) is 0 Å². The number of aliphatic imine (C=N–C) groups is 3. The standard InChI is InChI=1S/C14H21N3O3/c1-2-3-4-7-13(15-10-18)8-5-6-9-14(16-11-19)17-12-20/h13-14H,2-9H2,1H3. The van der Waals surface area contributed by atoms with Crippen LogP contribution in [0.5, 0.6) is 0 Å². The average molecular weight is 279 g/mol. The molecule has 0 spiro atoms. The van der Waals surface area contributed by atoms with Gasteiger partial charge >= 0.3 is 0 Å². The molecule has 1 unspecified atom stereocenters. The maximum atomic E-state index is 10.4. The molecule has 0 aliphatic rings. The van der Waals surface area contributed by atoms with Crippen molar-refractivity contribution in [1.29, 1.82) is 0 Å². The second-order valence-corrected chi connectivity index (χ2v) is 4.58. The highest BCUT2D eigenvalue weighted by Gasteiger charge is 2.08. The first-order valence-electron chi connectivity index (χ1n) is 6.99. The molecule has 0 heterocycles. The van der Waals surface area contributed by atoms with Crippen LogP contribution in [0.4, 0.5) is 0 Å². The largest absolute Gasteiger partial charge is 0.237 e. The fourth-order valence-electron chi connectivity index (χ4n) is 1.96. The molecule has 0 N–H and O–H groups in total. The summed E-state index contributed by atoms with van der Waals surface area (Å²) < 4.78 is 0. The number of nitrogens with zero attached hydrogens (tertiary/aromatic N) is 3. The second-order valence-electron chi connectivity index (χ2n) is 4.58. The molecule has 0 fully saturated rings. The van der Waals surface area contributed by atoms with Crippen molar-refractivity contribution in [3.63, 3.8) is 0 Å². The molecule has 0 aromatic rings. The van der Waals surface area contributed by atoms with E-state index >= 15 is 0 Å². The normalized spacial score (nSPS) is 12.4. The van der Waals surface area contributed by atoms with Gasteiger partial charge in [-0.3, -0.25) is 0 Å². The molecule has 0 saturated carbocycles. The molecule has 20 heavy (non-hydrogen) atoms. The maximum absolute atomic E-state index is 10.4. The Kier molecular flexibility index (Phi) is 12.3. The van der Waals surface area contributed by atoms with E-state index in [-0.39, 0.29) is 6.04 Å². The van der Waals surface area contributed by atoms with E-state index in [0.29, 0.717) is 6.42 Å². The average Bonchev–Trinajstić information content (AvgIpc) is 2.44. The Morgan fingerprint density at radius 2 is 1.25 bits per heavy atom. The van der Waals surface area contributed by atoms with Crippen LogP contribution in [0.15, 0.2) is 15.0 Å². The van der Waals surface area contributed by atoms with Crippen LogP contribution in [0.3, 0.4) is 0 Å². The topological polar surface area (TPSA) is 88.3 Å². The van der Waals surface area contributed by atoms with E-state index in [2.05, 4.69) is 21.9 Å². The molecule has 110 valence electrons. The summed E-state index contributed by atoms with van der Waals surface area (Å²) in [5.74, 6) is 0. The quantitative estimate of drug-likeness (QED) is 0.312. The van der Waals surface area contributed by atoms with E-state index in [1.54, 1.807) is 6.08 Å². The first kappa shape index (κ1) is 18.1. The fourth-order valence-corrected chi connectivity index (χ4v) is 1.96. The summed E-state index contributed by atoms with van der Waals surface area (Å²) in [5.41, 5.74) is 0. The number of unbranched alkanes of at least 4 members (excludes halogenated alkanes) is 3. The summed E-state index contributed by atoms with van der Waals surface area (Å²) in [6.07, 6.45) is 10.8. The van der Waals surface area contributed by atoms with Crippen molar-refractivity contribution in [1.82, 2.24) is 0 Å². The number of isocyanates is 3. The van der Waals surface area contributed by atoms with Crippen molar-refractivity contribution in [2.45, 2.75) is 70.5 Å². The molecule has 0 aromatic carbocycles. The van der Waals surface area contributed by atoms with Crippen molar-refractivity contribution < 1.29 is 14.4 Å². The minimum atomic E-state index is -0.682. The molecule has 1 atom stereocenters. The van der Waals surface area contributed by atoms with Crippen LogP contribution in [0, 0.1) is 0 Å². The second kappa shape index (κ2) is 13.6. The van der Waals surface area contributed by atoms with Gasteiger partial charge < -0.3 is 0 Å². The molecule has 0 aromatic heterocycles. The third kappa shape index (κ3) is 10.1. The van der Waals surface area contributed by atoms with Crippen molar-refractivity contribution in [2.75, 3.05) is 0 Å². The fraction of sp³-hybridized carbons (Fsp3) is 0.786. The van der Waals surface area contributed by atoms with Gasteiger partial charge in [0, 0.05) is 0 Å². The van der Waals surface area contributed by atoms with Crippen molar-refractivity contribution in [3.05, 3.63) is 0 Å². The molecule has 0 bridgehead atoms. The lowest BCUT2D eigenvalue weighted by atomic mass is 10.0. The Morgan fingerprint density at radius 3 is 1.75 bits per heavy atom. The Bertz CT molecular complexity index is 374. The molecular formula is C14H21N3O3. The number of hydrogen-bond donors (Lipinski definition) is 0. The summed E-state index contributed by atoms with van der Waals surface area (Å²) in [6.45, 7) is 2.12. The van der Waals surface area contributed by atoms with Gasteiger partial charge in [-0.2, -0.15) is 9.98 Å². The lowest BCUT2D eigenvalue weighted by Crippen LogP contribution is -2.05. The summed E-state index contributed by atoms with van der Waals surface area (Å²) in [6, 6.07) is 0.0154. The van der Waals surface area contributed by atoms with Crippen molar-refractivity contribution >= 4 is 18.2 Å². The molecular weight excluding hydrogens is 258 g/mol. The van der Waals surface area contributed by atoms with E-state index in [1.807, 2.05) is 0 Å². The number of hydrogen-bond acceptors (Lipinski definition) is 6. The van der Waals surface area contributed by atoms with Gasteiger partial charge in [0.15, 0.2) is 6.17 Å². The summed E-state index contributed by atoms with van der Waals surface area (Å²) in [5, 5.41) is 0. The Hall–Kier alpha value is -1.86. The van der Waals surface area contributed by atoms with Crippen LogP contribution >= 0.6 is 0 Å². The number of carbonyl (C=O) groups excluding carboxylic acids is 3. The highest BCUT2D eigenvalue weighted by molar-refractivity contribution is 5.36. The van der Waals surface area contributed by atoms with Gasteiger partial charge in [-0.1, -0.05) is 32.6 Å². The zero-order valence-corrected chi connectivity index (χ0v) is 11.9. The Labute approximate surface area is 119 Å². The van der Waals surface area contributed by atoms with E-state index in [1.165, 1.54) is 12.2 Å². The predicted molar refractivity (Wildman–Crippen MR) is 74.6 cm³/mol. The number of rotatable bonds is 12. The Balaban J connectivity index is 4.00. The van der Waals surface area contributed by atoms with E-state index in [0.717, 1.165) is 44.9 Å². The van der Waals surface area contributed by atoms with Gasteiger partial charge in [0.05, 0.1) is 6.04 Å². The van der Waals surface area contributed by atoms with E-state index in [4.69, 9.17) is 0 Å². The zero-order valence-electron chi connectivity index (χ0n) is 11.9.